The minimum absolute atomic E-state index is 0.0292. The van der Waals surface area contributed by atoms with Crippen molar-refractivity contribution in [2.24, 2.45) is 0 Å². The number of carbonyl (C=O) groups excluding carboxylic acids is 2. The molecule has 1 aliphatic heterocycles. The highest BCUT2D eigenvalue weighted by Gasteiger charge is 2.33. The van der Waals surface area contributed by atoms with Gasteiger partial charge in [-0.25, -0.2) is 19.7 Å². The third-order valence-electron chi connectivity index (χ3n) is 6.15. The average molecular weight is 500 g/mol. The minimum atomic E-state index is -0.551. The van der Waals surface area contributed by atoms with Gasteiger partial charge in [0.25, 0.3) is 5.91 Å². The van der Waals surface area contributed by atoms with Crippen LogP contribution in [0.3, 0.4) is 0 Å². The molecule has 3 N–H and O–H groups in total. The molecular weight excluding hydrogens is 470 g/mol. The Balaban J connectivity index is 1.42. The van der Waals surface area contributed by atoms with Crippen LogP contribution < -0.4 is 11.1 Å². The van der Waals surface area contributed by atoms with Crippen LogP contribution >= 0.6 is 0 Å². The van der Waals surface area contributed by atoms with E-state index >= 15 is 0 Å². The number of fused-ring (bicyclic) bond motifs is 1. The van der Waals surface area contributed by atoms with E-state index in [1.807, 2.05) is 49.4 Å². The monoisotopic (exact) mass is 499 g/mol. The maximum Gasteiger partial charge on any atom is 0.410 e. The first-order chi connectivity index (χ1) is 17.7. The summed E-state index contributed by atoms with van der Waals surface area (Å²) < 4.78 is 7.36. The summed E-state index contributed by atoms with van der Waals surface area (Å²) in [5, 5.41) is 2.78. The molecule has 10 nitrogen and oxygen atoms in total. The zero-order valence-corrected chi connectivity index (χ0v) is 21.0. The number of carbonyl (C=O) groups is 2. The van der Waals surface area contributed by atoms with Crippen LogP contribution in [-0.4, -0.2) is 54.9 Å². The van der Waals surface area contributed by atoms with Crippen molar-refractivity contribution in [1.29, 1.82) is 0 Å². The number of nitrogens with two attached hydrogens (primary N) is 1. The highest BCUT2D eigenvalue weighted by molar-refractivity contribution is 6.04. The standard InChI is InChI=1S/C27H29N7O3/c1-27(2,3)37-26(36)33-15-12-19(16-33)22-20-11-14-30-25(28)34(20)23(32-22)17-7-9-18(10-8-17)24(35)31-21-6-4-5-13-29-21/h4-11,13-14,19H,12,15-16H2,1-3H3,(H2,28,30)(H,29,31,35). The zero-order chi connectivity index (χ0) is 26.2. The number of nitrogens with one attached hydrogen (secondary N) is 1. The Morgan fingerprint density at radius 3 is 2.54 bits per heavy atom. The molecule has 0 saturated carbocycles. The van der Waals surface area contributed by atoms with Gasteiger partial charge in [-0.05, 0) is 57.5 Å². The quantitative estimate of drug-likeness (QED) is 0.427. The minimum Gasteiger partial charge on any atom is -0.444 e. The predicted molar refractivity (Wildman–Crippen MR) is 140 cm³/mol. The van der Waals surface area contributed by atoms with E-state index in [0.717, 1.165) is 23.2 Å². The highest BCUT2D eigenvalue weighted by Crippen LogP contribution is 2.34. The van der Waals surface area contributed by atoms with Crippen LogP contribution in [0.25, 0.3) is 16.9 Å². The summed E-state index contributed by atoms with van der Waals surface area (Å²) in [6, 6.07) is 14.3. The van der Waals surface area contributed by atoms with Gasteiger partial charge in [-0.3, -0.25) is 9.20 Å². The van der Waals surface area contributed by atoms with Crippen molar-refractivity contribution in [2.75, 3.05) is 24.1 Å². The summed E-state index contributed by atoms with van der Waals surface area (Å²) in [5.74, 6) is 1.19. The molecule has 4 heterocycles. The molecule has 1 unspecified atom stereocenters. The van der Waals surface area contributed by atoms with Gasteiger partial charge < -0.3 is 20.7 Å². The molecule has 37 heavy (non-hydrogen) atoms. The Kier molecular flexibility index (Phi) is 6.24. The van der Waals surface area contributed by atoms with E-state index in [1.165, 1.54) is 0 Å². The Hall–Kier alpha value is -4.47. The molecule has 4 aromatic rings. The normalized spacial score (nSPS) is 15.6. The van der Waals surface area contributed by atoms with Crippen LogP contribution in [0.2, 0.25) is 0 Å². The fourth-order valence-corrected chi connectivity index (χ4v) is 4.45. The second-order valence-electron chi connectivity index (χ2n) is 10.0. The lowest BCUT2D eigenvalue weighted by Gasteiger charge is -2.24. The number of benzene rings is 1. The molecule has 0 radical (unpaired) electrons. The molecule has 1 aromatic carbocycles. The lowest BCUT2D eigenvalue weighted by molar-refractivity contribution is 0.0292. The Labute approximate surface area is 214 Å². The number of nitrogen functional groups attached to an aromatic ring is 1. The van der Waals surface area contributed by atoms with E-state index < -0.39 is 5.60 Å². The number of amides is 2. The fourth-order valence-electron chi connectivity index (χ4n) is 4.45. The van der Waals surface area contributed by atoms with Gasteiger partial charge in [0.1, 0.15) is 17.2 Å². The summed E-state index contributed by atoms with van der Waals surface area (Å²) in [6.07, 6.45) is 3.72. The fraction of sp³-hybridized carbons (Fsp3) is 0.296. The molecule has 3 aromatic heterocycles. The predicted octanol–water partition coefficient (Wildman–Crippen LogP) is 4.35. The number of aromatic nitrogens is 4. The van der Waals surface area contributed by atoms with Gasteiger partial charge in [-0.15, -0.1) is 0 Å². The SMILES string of the molecule is CC(C)(C)OC(=O)N1CCC(c2nc(-c3ccc(C(=O)Nc4ccccn4)cc3)n3c(N)nccc23)C1. The van der Waals surface area contributed by atoms with Crippen LogP contribution in [0.4, 0.5) is 16.6 Å². The maximum absolute atomic E-state index is 12.6. The Morgan fingerprint density at radius 2 is 1.84 bits per heavy atom. The summed E-state index contributed by atoms with van der Waals surface area (Å²) >= 11 is 0. The van der Waals surface area contributed by atoms with Gasteiger partial charge in [-0.1, -0.05) is 18.2 Å². The summed E-state index contributed by atoms with van der Waals surface area (Å²) in [4.78, 5) is 40.3. The van der Waals surface area contributed by atoms with E-state index in [1.54, 1.807) is 41.6 Å². The van der Waals surface area contributed by atoms with Gasteiger partial charge in [0.05, 0.1) is 11.2 Å². The van der Waals surface area contributed by atoms with Crippen molar-refractivity contribution in [1.82, 2.24) is 24.3 Å². The molecule has 5 rings (SSSR count). The lowest BCUT2D eigenvalue weighted by Crippen LogP contribution is -2.35. The summed E-state index contributed by atoms with van der Waals surface area (Å²) in [6.45, 7) is 6.68. The second kappa shape index (κ2) is 9.53. The topological polar surface area (TPSA) is 128 Å². The van der Waals surface area contributed by atoms with Crippen molar-refractivity contribution in [2.45, 2.75) is 38.7 Å². The number of anilines is 2. The maximum atomic E-state index is 12.6. The first kappa shape index (κ1) is 24.2. The van der Waals surface area contributed by atoms with Crippen LogP contribution in [-0.2, 0) is 4.74 Å². The first-order valence-corrected chi connectivity index (χ1v) is 12.1. The molecule has 10 heteroatoms. The number of nitrogens with zero attached hydrogens (tertiary/aromatic N) is 5. The van der Waals surface area contributed by atoms with Gasteiger partial charge >= 0.3 is 6.09 Å². The number of hydrogen-bond donors (Lipinski definition) is 2. The number of imidazole rings is 1. The molecule has 1 atom stereocenters. The molecule has 0 aliphatic carbocycles. The van der Waals surface area contributed by atoms with Gasteiger partial charge in [0.2, 0.25) is 5.95 Å². The van der Waals surface area contributed by atoms with Crippen molar-refractivity contribution < 1.29 is 14.3 Å². The van der Waals surface area contributed by atoms with Gasteiger partial charge in [0, 0.05) is 42.5 Å². The molecule has 190 valence electrons. The first-order valence-electron chi connectivity index (χ1n) is 12.1. The van der Waals surface area contributed by atoms with E-state index in [2.05, 4.69) is 15.3 Å². The summed E-state index contributed by atoms with van der Waals surface area (Å²) in [7, 11) is 0. The van der Waals surface area contributed by atoms with Gasteiger partial charge in [0.15, 0.2) is 0 Å². The number of pyridine rings is 1. The number of likely N-dealkylation sites (tertiary alicyclic amines) is 1. The highest BCUT2D eigenvalue weighted by atomic mass is 16.6. The van der Waals surface area contributed by atoms with Crippen LogP contribution in [0, 0.1) is 0 Å². The van der Waals surface area contributed by atoms with E-state index in [4.69, 9.17) is 15.5 Å². The Morgan fingerprint density at radius 1 is 1.05 bits per heavy atom. The molecule has 1 saturated heterocycles. The zero-order valence-electron chi connectivity index (χ0n) is 21.0. The average Bonchev–Trinajstić information content (AvgIpc) is 3.50. The molecule has 0 spiro atoms. The van der Waals surface area contributed by atoms with E-state index in [0.29, 0.717) is 36.2 Å². The van der Waals surface area contributed by atoms with Crippen molar-refractivity contribution in [3.63, 3.8) is 0 Å². The smallest absolute Gasteiger partial charge is 0.410 e. The molecule has 2 amide bonds. The van der Waals surface area contributed by atoms with E-state index in [-0.39, 0.29) is 17.9 Å². The third-order valence-corrected chi connectivity index (χ3v) is 6.15. The van der Waals surface area contributed by atoms with Crippen LogP contribution in [0.1, 0.15) is 49.2 Å². The van der Waals surface area contributed by atoms with E-state index in [9.17, 15) is 9.59 Å². The van der Waals surface area contributed by atoms with Crippen LogP contribution in [0.15, 0.2) is 60.9 Å². The number of ether oxygens (including phenoxy) is 1. The van der Waals surface area contributed by atoms with Crippen LogP contribution in [0.5, 0.6) is 0 Å². The summed E-state index contributed by atoms with van der Waals surface area (Å²) in [5.41, 5.74) is 8.70. The number of rotatable bonds is 4. The largest absolute Gasteiger partial charge is 0.444 e. The van der Waals surface area contributed by atoms with Gasteiger partial charge in [-0.2, -0.15) is 0 Å². The molecule has 1 aliphatic rings. The molecular formula is C27H29N7O3. The third kappa shape index (κ3) is 5.09. The molecule has 1 fully saturated rings. The van der Waals surface area contributed by atoms with Crippen molar-refractivity contribution in [3.05, 3.63) is 72.2 Å². The van der Waals surface area contributed by atoms with Crippen molar-refractivity contribution in [3.8, 4) is 11.4 Å². The number of hydrogen-bond acceptors (Lipinski definition) is 7. The lowest BCUT2D eigenvalue weighted by atomic mass is 10.0. The Bertz CT molecular complexity index is 1440. The molecule has 0 bridgehead atoms. The van der Waals surface area contributed by atoms with Crippen molar-refractivity contribution >= 4 is 29.3 Å². The second-order valence-corrected chi connectivity index (χ2v) is 10.0.